The molecular weight excluding hydrogens is 318 g/mol. The van der Waals surface area contributed by atoms with Crippen molar-refractivity contribution in [2.75, 3.05) is 25.7 Å². The number of aliphatic carboxylic acids is 1. The number of hydrogen-bond donors (Lipinski definition) is 1. The van der Waals surface area contributed by atoms with Crippen molar-refractivity contribution in [3.05, 3.63) is 53.1 Å². The van der Waals surface area contributed by atoms with E-state index in [2.05, 4.69) is 0 Å². The van der Waals surface area contributed by atoms with Crippen LogP contribution >= 0.6 is 11.6 Å². The Kier molecular flexibility index (Phi) is 5.71. The van der Waals surface area contributed by atoms with Crippen LogP contribution in [0.4, 0.5) is 5.69 Å². The molecule has 0 radical (unpaired) electrons. The summed E-state index contributed by atoms with van der Waals surface area (Å²) >= 11 is 6.20. The van der Waals surface area contributed by atoms with E-state index in [9.17, 15) is 9.90 Å². The van der Waals surface area contributed by atoms with Crippen LogP contribution in [0, 0.1) is 0 Å². The first kappa shape index (κ1) is 17.0. The van der Waals surface area contributed by atoms with E-state index in [4.69, 9.17) is 21.1 Å². The molecule has 0 aliphatic rings. The van der Waals surface area contributed by atoms with Crippen LogP contribution in [0.15, 0.2) is 42.5 Å². The highest BCUT2D eigenvalue weighted by Crippen LogP contribution is 2.30. The van der Waals surface area contributed by atoms with Gasteiger partial charge >= 0.3 is 5.97 Å². The lowest BCUT2D eigenvalue weighted by molar-refractivity contribution is -0.135. The quantitative estimate of drug-likeness (QED) is 0.839. The second kappa shape index (κ2) is 7.74. The van der Waals surface area contributed by atoms with Crippen LogP contribution in [0.5, 0.6) is 11.5 Å². The Balaban J connectivity index is 2.35. The van der Waals surface area contributed by atoms with Crippen molar-refractivity contribution in [2.45, 2.75) is 6.54 Å². The molecule has 1 N–H and O–H groups in total. The molecule has 122 valence electrons. The van der Waals surface area contributed by atoms with Gasteiger partial charge < -0.3 is 19.5 Å². The summed E-state index contributed by atoms with van der Waals surface area (Å²) in [5.41, 5.74) is 1.50. The highest BCUT2D eigenvalue weighted by atomic mass is 35.5. The van der Waals surface area contributed by atoms with E-state index in [0.717, 1.165) is 5.56 Å². The molecule has 0 aliphatic heterocycles. The summed E-state index contributed by atoms with van der Waals surface area (Å²) in [6, 6.07) is 12.6. The maximum absolute atomic E-state index is 11.2. The summed E-state index contributed by atoms with van der Waals surface area (Å²) < 4.78 is 10.5. The topological polar surface area (TPSA) is 59.0 Å². The van der Waals surface area contributed by atoms with Gasteiger partial charge in [0.05, 0.1) is 24.9 Å². The fourth-order valence-corrected chi connectivity index (χ4v) is 2.54. The molecular formula is C17H18ClNO4. The van der Waals surface area contributed by atoms with E-state index in [1.807, 2.05) is 18.2 Å². The lowest BCUT2D eigenvalue weighted by Gasteiger charge is -2.25. The second-order valence-corrected chi connectivity index (χ2v) is 5.29. The normalized spacial score (nSPS) is 10.2. The van der Waals surface area contributed by atoms with Crippen LogP contribution in [0.25, 0.3) is 0 Å². The zero-order valence-electron chi connectivity index (χ0n) is 13.0. The van der Waals surface area contributed by atoms with E-state index in [0.29, 0.717) is 28.8 Å². The van der Waals surface area contributed by atoms with Gasteiger partial charge in [-0.1, -0.05) is 23.7 Å². The first-order chi connectivity index (χ1) is 11.0. The number of methoxy groups -OCH3 is 2. The number of anilines is 1. The number of ether oxygens (including phenoxy) is 2. The second-order valence-electron chi connectivity index (χ2n) is 4.88. The Bertz CT molecular complexity index is 690. The summed E-state index contributed by atoms with van der Waals surface area (Å²) in [5, 5.41) is 9.69. The Labute approximate surface area is 140 Å². The summed E-state index contributed by atoms with van der Waals surface area (Å²) in [6.07, 6.45) is 0. The van der Waals surface area contributed by atoms with E-state index in [1.54, 1.807) is 43.4 Å². The molecule has 0 fully saturated rings. The lowest BCUT2D eigenvalue weighted by Crippen LogP contribution is -2.29. The van der Waals surface area contributed by atoms with Crippen LogP contribution in [-0.4, -0.2) is 31.8 Å². The van der Waals surface area contributed by atoms with Crippen molar-refractivity contribution in [2.24, 2.45) is 0 Å². The van der Waals surface area contributed by atoms with Gasteiger partial charge in [-0.15, -0.1) is 0 Å². The van der Waals surface area contributed by atoms with E-state index in [1.165, 1.54) is 0 Å². The van der Waals surface area contributed by atoms with Gasteiger partial charge in [0, 0.05) is 18.2 Å². The monoisotopic (exact) mass is 335 g/mol. The van der Waals surface area contributed by atoms with Crippen LogP contribution < -0.4 is 14.4 Å². The maximum atomic E-state index is 11.2. The number of carboxylic acids is 1. The minimum Gasteiger partial charge on any atom is -0.497 e. The van der Waals surface area contributed by atoms with Gasteiger partial charge in [-0.25, -0.2) is 0 Å². The van der Waals surface area contributed by atoms with Crippen molar-refractivity contribution < 1.29 is 19.4 Å². The van der Waals surface area contributed by atoms with Gasteiger partial charge in [-0.3, -0.25) is 4.79 Å². The third-order valence-electron chi connectivity index (χ3n) is 3.37. The molecule has 0 bridgehead atoms. The smallest absolute Gasteiger partial charge is 0.323 e. The minimum atomic E-state index is -0.933. The molecule has 0 amide bonds. The number of nitrogens with zero attached hydrogens (tertiary/aromatic N) is 1. The zero-order valence-corrected chi connectivity index (χ0v) is 13.7. The molecule has 0 atom stereocenters. The molecule has 5 nitrogen and oxygen atoms in total. The van der Waals surface area contributed by atoms with E-state index < -0.39 is 5.97 Å². The molecule has 23 heavy (non-hydrogen) atoms. The van der Waals surface area contributed by atoms with Gasteiger partial charge in [0.25, 0.3) is 0 Å². The van der Waals surface area contributed by atoms with Crippen LogP contribution in [-0.2, 0) is 11.3 Å². The van der Waals surface area contributed by atoms with Crippen LogP contribution in [0.3, 0.4) is 0 Å². The van der Waals surface area contributed by atoms with Gasteiger partial charge in [0.1, 0.15) is 18.0 Å². The predicted molar refractivity (Wildman–Crippen MR) is 89.7 cm³/mol. The number of benzene rings is 2. The number of carbonyl (C=O) groups is 1. The Morgan fingerprint density at radius 3 is 2.52 bits per heavy atom. The van der Waals surface area contributed by atoms with Gasteiger partial charge in [0.15, 0.2) is 0 Å². The molecule has 0 aliphatic carbocycles. The summed E-state index contributed by atoms with van der Waals surface area (Å²) in [6.45, 7) is 0.183. The van der Waals surface area contributed by atoms with Crippen LogP contribution in [0.1, 0.15) is 5.56 Å². The molecule has 0 heterocycles. The van der Waals surface area contributed by atoms with Gasteiger partial charge in [-0.2, -0.15) is 0 Å². The standard InChI is InChI=1S/C17H18ClNO4/c1-22-13-8-7-12(16(9-13)23-2)10-19(11-17(20)21)15-6-4-3-5-14(15)18/h3-9H,10-11H2,1-2H3,(H,20,21). The molecule has 2 aromatic rings. The molecule has 2 rings (SSSR count). The molecule has 0 saturated carbocycles. The number of hydrogen-bond acceptors (Lipinski definition) is 4. The third kappa shape index (κ3) is 4.29. The van der Waals surface area contributed by atoms with Crippen molar-refractivity contribution in [3.63, 3.8) is 0 Å². The fourth-order valence-electron chi connectivity index (χ4n) is 2.29. The van der Waals surface area contributed by atoms with E-state index in [-0.39, 0.29) is 6.54 Å². The number of para-hydroxylation sites is 1. The Hall–Kier alpha value is -2.40. The molecule has 0 spiro atoms. The van der Waals surface area contributed by atoms with Crippen molar-refractivity contribution in [3.8, 4) is 11.5 Å². The Morgan fingerprint density at radius 2 is 1.91 bits per heavy atom. The highest BCUT2D eigenvalue weighted by molar-refractivity contribution is 6.33. The molecule has 0 aromatic heterocycles. The van der Waals surface area contributed by atoms with E-state index >= 15 is 0 Å². The molecule has 0 unspecified atom stereocenters. The summed E-state index contributed by atoms with van der Waals surface area (Å²) in [7, 11) is 3.14. The third-order valence-corrected chi connectivity index (χ3v) is 3.69. The summed E-state index contributed by atoms with van der Waals surface area (Å²) in [4.78, 5) is 12.9. The Morgan fingerprint density at radius 1 is 1.17 bits per heavy atom. The predicted octanol–water partition coefficient (Wildman–Crippen LogP) is 3.45. The van der Waals surface area contributed by atoms with Gasteiger partial charge in [-0.05, 0) is 24.3 Å². The first-order valence-electron chi connectivity index (χ1n) is 6.97. The fraction of sp³-hybridized carbons (Fsp3) is 0.235. The SMILES string of the molecule is COc1ccc(CN(CC(=O)O)c2ccccc2Cl)c(OC)c1. The first-order valence-corrected chi connectivity index (χ1v) is 7.35. The van der Waals surface area contributed by atoms with Crippen molar-refractivity contribution in [1.29, 1.82) is 0 Å². The number of carboxylic acid groups (broad SMARTS) is 1. The zero-order chi connectivity index (χ0) is 16.8. The molecule has 0 saturated heterocycles. The maximum Gasteiger partial charge on any atom is 0.323 e. The van der Waals surface area contributed by atoms with Crippen molar-refractivity contribution >= 4 is 23.3 Å². The van der Waals surface area contributed by atoms with Crippen molar-refractivity contribution in [1.82, 2.24) is 0 Å². The average molecular weight is 336 g/mol. The highest BCUT2D eigenvalue weighted by Gasteiger charge is 2.16. The largest absolute Gasteiger partial charge is 0.497 e. The molecule has 6 heteroatoms. The summed E-state index contributed by atoms with van der Waals surface area (Å²) in [5.74, 6) is 0.373. The van der Waals surface area contributed by atoms with Gasteiger partial charge in [0.2, 0.25) is 0 Å². The minimum absolute atomic E-state index is 0.168. The number of halogens is 1. The molecule has 2 aromatic carbocycles. The average Bonchev–Trinajstić information content (AvgIpc) is 2.54. The lowest BCUT2D eigenvalue weighted by atomic mass is 10.1. The number of rotatable bonds is 7. The van der Waals surface area contributed by atoms with Crippen LogP contribution in [0.2, 0.25) is 5.02 Å².